The van der Waals surface area contributed by atoms with Crippen molar-refractivity contribution in [2.45, 2.75) is 75.8 Å². The monoisotopic (exact) mass is 524 g/mol. The van der Waals surface area contributed by atoms with Gasteiger partial charge in [-0.05, 0) is 38.2 Å². The maximum Gasteiger partial charge on any atom is 0.312 e. The van der Waals surface area contributed by atoms with Gasteiger partial charge >= 0.3 is 5.97 Å². The van der Waals surface area contributed by atoms with Crippen molar-refractivity contribution < 1.29 is 29.0 Å². The van der Waals surface area contributed by atoms with Crippen LogP contribution >= 0.6 is 0 Å². The second kappa shape index (κ2) is 11.8. The van der Waals surface area contributed by atoms with E-state index < -0.39 is 41.6 Å². The number of carbonyl (C=O) groups is 3. The summed E-state index contributed by atoms with van der Waals surface area (Å²) in [5.74, 6) is -2.71. The molecule has 3 aliphatic heterocycles. The van der Waals surface area contributed by atoms with Crippen LogP contribution in [0.25, 0.3) is 0 Å². The minimum atomic E-state index is -1.16. The Morgan fingerprint density at radius 3 is 2.66 bits per heavy atom. The molecule has 1 N–H and O–H groups in total. The van der Waals surface area contributed by atoms with Gasteiger partial charge in [0.1, 0.15) is 11.6 Å². The Bertz CT molecular complexity index is 1040. The normalized spacial score (nSPS) is 29.0. The van der Waals surface area contributed by atoms with E-state index in [1.165, 1.54) is 4.90 Å². The molecule has 3 fully saturated rings. The summed E-state index contributed by atoms with van der Waals surface area (Å²) in [5.41, 5.74) is -0.442. The topological polar surface area (TPSA) is 96.4 Å². The summed E-state index contributed by atoms with van der Waals surface area (Å²) < 4.78 is 12.0. The molecule has 3 unspecified atom stereocenters. The molecule has 3 aliphatic rings. The van der Waals surface area contributed by atoms with Gasteiger partial charge in [-0.15, -0.1) is 13.2 Å². The number of aliphatic hydroxyl groups is 1. The van der Waals surface area contributed by atoms with E-state index in [-0.39, 0.29) is 31.1 Å². The number of hydrogen-bond acceptors (Lipinski definition) is 6. The molecule has 0 aromatic heterocycles. The number of amides is 2. The number of fused-ring (bicyclic) bond motifs is 1. The highest BCUT2D eigenvalue weighted by Crippen LogP contribution is 2.60. The molecule has 2 bridgehead atoms. The largest absolute Gasteiger partial charge is 0.465 e. The van der Waals surface area contributed by atoms with Crippen LogP contribution in [0.5, 0.6) is 0 Å². The van der Waals surface area contributed by atoms with E-state index in [4.69, 9.17) is 9.47 Å². The fourth-order valence-corrected chi connectivity index (χ4v) is 6.70. The molecule has 0 aliphatic carbocycles. The summed E-state index contributed by atoms with van der Waals surface area (Å²) in [5, 5.41) is 10.6. The van der Waals surface area contributed by atoms with Crippen molar-refractivity contribution in [3.05, 3.63) is 61.2 Å². The fraction of sp³-hybridized carbons (Fsp3) is 0.567. The Morgan fingerprint density at radius 2 is 2.03 bits per heavy atom. The highest BCUT2D eigenvalue weighted by Gasteiger charge is 2.75. The highest BCUT2D eigenvalue weighted by atomic mass is 16.6. The third-order valence-electron chi connectivity index (χ3n) is 8.35. The van der Waals surface area contributed by atoms with Gasteiger partial charge in [0.15, 0.2) is 0 Å². The Hall–Kier alpha value is -2.97. The summed E-state index contributed by atoms with van der Waals surface area (Å²) in [6.07, 6.45) is 6.10. The summed E-state index contributed by atoms with van der Waals surface area (Å²) in [4.78, 5) is 45.3. The number of aliphatic hydroxyl groups excluding tert-OH is 1. The van der Waals surface area contributed by atoms with Gasteiger partial charge in [-0.25, -0.2) is 0 Å². The lowest BCUT2D eigenvalue weighted by atomic mass is 9.70. The SMILES string of the molecule is C=CCCOC(=O)[C@@H]1[C@H]2C(=O)N([C@H](CO)c3ccccc3)C(C(=O)N(CC=C)C(C)CCC)C23CC[C@H]1O3. The smallest absolute Gasteiger partial charge is 0.312 e. The quantitative estimate of drug-likeness (QED) is 0.241. The Balaban J connectivity index is 1.79. The molecule has 1 spiro atoms. The van der Waals surface area contributed by atoms with Crippen molar-refractivity contribution in [3.8, 4) is 0 Å². The van der Waals surface area contributed by atoms with Crippen molar-refractivity contribution in [1.82, 2.24) is 9.80 Å². The van der Waals surface area contributed by atoms with Crippen molar-refractivity contribution >= 4 is 17.8 Å². The van der Waals surface area contributed by atoms with E-state index in [2.05, 4.69) is 20.1 Å². The van der Waals surface area contributed by atoms with Crippen LogP contribution in [0.4, 0.5) is 0 Å². The summed E-state index contributed by atoms with van der Waals surface area (Å²) in [7, 11) is 0. The lowest BCUT2D eigenvalue weighted by Gasteiger charge is -2.41. The van der Waals surface area contributed by atoms with Gasteiger partial charge in [0.25, 0.3) is 0 Å². The Kier molecular flexibility index (Phi) is 8.73. The zero-order valence-corrected chi connectivity index (χ0v) is 22.5. The number of hydrogen-bond donors (Lipinski definition) is 1. The predicted molar refractivity (Wildman–Crippen MR) is 143 cm³/mol. The average Bonchev–Trinajstić information content (AvgIpc) is 3.56. The number of ether oxygens (including phenoxy) is 2. The molecule has 4 rings (SSSR count). The van der Waals surface area contributed by atoms with Gasteiger partial charge in [-0.2, -0.15) is 0 Å². The Labute approximate surface area is 225 Å². The number of benzene rings is 1. The third-order valence-corrected chi connectivity index (χ3v) is 8.35. The molecule has 0 saturated carbocycles. The first kappa shape index (κ1) is 28.0. The number of nitrogens with zero attached hydrogens (tertiary/aromatic N) is 2. The first-order valence-corrected chi connectivity index (χ1v) is 13.7. The standard InChI is InChI=1S/C30H40N2O6/c1-5-8-18-37-29(36)24-23-15-16-30(38-23)25(24)27(34)32(22(19-33)21-13-10-9-11-14-21)26(30)28(35)31(17-7-3)20(4)12-6-2/h5,7,9-11,13-14,20,22-26,33H,1,3,6,8,12,15-19H2,2,4H3/t20?,22-,23-,24+,25+,26?,30?/m1/s1. The number of carbonyl (C=O) groups excluding carboxylic acids is 3. The molecule has 1 aromatic carbocycles. The maximum atomic E-state index is 14.5. The van der Waals surface area contributed by atoms with Gasteiger partial charge < -0.3 is 24.4 Å². The van der Waals surface area contributed by atoms with Crippen molar-refractivity contribution in [1.29, 1.82) is 0 Å². The number of esters is 1. The van der Waals surface area contributed by atoms with Crippen molar-refractivity contribution in [3.63, 3.8) is 0 Å². The van der Waals surface area contributed by atoms with Gasteiger partial charge in [0.05, 0.1) is 37.2 Å². The van der Waals surface area contributed by atoms with E-state index >= 15 is 0 Å². The van der Waals surface area contributed by atoms with Crippen LogP contribution < -0.4 is 0 Å². The minimum absolute atomic E-state index is 0.0829. The van der Waals surface area contributed by atoms with Gasteiger partial charge in [0.2, 0.25) is 11.8 Å². The average molecular weight is 525 g/mol. The summed E-state index contributed by atoms with van der Waals surface area (Å²) in [6, 6.07) is 7.38. The summed E-state index contributed by atoms with van der Waals surface area (Å²) in [6.45, 7) is 11.7. The zero-order valence-electron chi connectivity index (χ0n) is 22.5. The van der Waals surface area contributed by atoms with Crippen LogP contribution in [0.2, 0.25) is 0 Å². The van der Waals surface area contributed by atoms with Crippen LogP contribution in [0, 0.1) is 11.8 Å². The second-order valence-corrected chi connectivity index (χ2v) is 10.6. The maximum absolute atomic E-state index is 14.5. The van der Waals surface area contributed by atoms with E-state index in [1.807, 2.05) is 37.3 Å². The fourth-order valence-electron chi connectivity index (χ4n) is 6.70. The molecular weight excluding hydrogens is 484 g/mol. The van der Waals surface area contributed by atoms with Crippen molar-refractivity contribution in [2.24, 2.45) is 11.8 Å². The number of likely N-dealkylation sites (tertiary alicyclic amines) is 1. The summed E-state index contributed by atoms with van der Waals surface area (Å²) >= 11 is 0. The van der Waals surface area contributed by atoms with Gasteiger partial charge in [-0.1, -0.05) is 55.8 Å². The molecule has 3 saturated heterocycles. The lowest BCUT2D eigenvalue weighted by Crippen LogP contribution is -2.58. The molecule has 8 heteroatoms. The molecule has 0 radical (unpaired) electrons. The van der Waals surface area contributed by atoms with E-state index in [9.17, 15) is 19.5 Å². The Morgan fingerprint density at radius 1 is 1.29 bits per heavy atom. The molecule has 2 amide bonds. The second-order valence-electron chi connectivity index (χ2n) is 10.6. The molecule has 38 heavy (non-hydrogen) atoms. The molecule has 8 nitrogen and oxygen atoms in total. The zero-order chi connectivity index (χ0) is 27.4. The lowest BCUT2D eigenvalue weighted by molar-refractivity contribution is -0.157. The van der Waals surface area contributed by atoms with Crippen LogP contribution in [0.1, 0.15) is 57.6 Å². The first-order valence-electron chi connectivity index (χ1n) is 13.7. The van der Waals surface area contributed by atoms with Crippen LogP contribution in [0.15, 0.2) is 55.6 Å². The molecule has 3 heterocycles. The van der Waals surface area contributed by atoms with Crippen LogP contribution in [0.3, 0.4) is 0 Å². The van der Waals surface area contributed by atoms with Crippen LogP contribution in [-0.2, 0) is 23.9 Å². The van der Waals surface area contributed by atoms with Gasteiger partial charge in [-0.3, -0.25) is 14.4 Å². The highest BCUT2D eigenvalue weighted by molar-refractivity contribution is 5.98. The molecule has 206 valence electrons. The minimum Gasteiger partial charge on any atom is -0.465 e. The van der Waals surface area contributed by atoms with E-state index in [0.717, 1.165) is 12.8 Å². The third kappa shape index (κ3) is 4.69. The van der Waals surface area contributed by atoms with E-state index in [0.29, 0.717) is 31.4 Å². The molecule has 1 aromatic rings. The van der Waals surface area contributed by atoms with Crippen LogP contribution in [-0.4, -0.2) is 76.2 Å². The first-order chi connectivity index (χ1) is 18.4. The van der Waals surface area contributed by atoms with E-state index in [1.54, 1.807) is 17.1 Å². The predicted octanol–water partition coefficient (Wildman–Crippen LogP) is 3.42. The molecule has 7 atom stereocenters. The molecular formula is C30H40N2O6. The van der Waals surface area contributed by atoms with Gasteiger partial charge in [0, 0.05) is 12.6 Å². The van der Waals surface area contributed by atoms with Crippen molar-refractivity contribution in [2.75, 3.05) is 19.8 Å². The number of rotatable bonds is 13.